The zero-order valence-electron chi connectivity index (χ0n) is 12.3. The molecule has 1 heterocycles. The van der Waals surface area contributed by atoms with Crippen LogP contribution in [0.15, 0.2) is 45.9 Å². The fourth-order valence-corrected chi connectivity index (χ4v) is 3.90. The smallest absolute Gasteiger partial charge is 0.108 e. The maximum atomic E-state index is 6.13. The Bertz CT molecular complexity index is 438. The van der Waals surface area contributed by atoms with Gasteiger partial charge in [-0.05, 0) is 31.4 Å². The lowest BCUT2D eigenvalue weighted by atomic mass is 9.91. The van der Waals surface area contributed by atoms with Gasteiger partial charge in [-0.3, -0.25) is 0 Å². The van der Waals surface area contributed by atoms with Crippen LogP contribution in [0.4, 0.5) is 0 Å². The summed E-state index contributed by atoms with van der Waals surface area (Å²) in [5.41, 5.74) is 0. The molecule has 0 saturated heterocycles. The zero-order valence-corrected chi connectivity index (χ0v) is 13.2. The molecule has 0 saturated carbocycles. The summed E-state index contributed by atoms with van der Waals surface area (Å²) >= 11 is 1.86. The number of hydrogen-bond acceptors (Lipinski definition) is 2. The summed E-state index contributed by atoms with van der Waals surface area (Å²) in [5.74, 6) is 2.25. The monoisotopic (exact) mass is 276 g/mol. The van der Waals surface area contributed by atoms with Crippen molar-refractivity contribution < 1.29 is 4.74 Å². The fourth-order valence-electron chi connectivity index (χ4n) is 2.84. The first-order chi connectivity index (χ1) is 9.13. The standard InChI is InChI=1S/C17H24OS/c1-5-9-12(2)16-13(3)17(14(4)18-16)19-15-10-7-6-8-11-15/h6-8,10-13,16H,5,9H2,1-4H3. The van der Waals surface area contributed by atoms with Crippen molar-refractivity contribution in [2.75, 3.05) is 0 Å². The maximum absolute atomic E-state index is 6.13. The van der Waals surface area contributed by atoms with Crippen molar-refractivity contribution in [1.29, 1.82) is 0 Å². The minimum atomic E-state index is 0.353. The van der Waals surface area contributed by atoms with Crippen molar-refractivity contribution in [2.24, 2.45) is 11.8 Å². The summed E-state index contributed by atoms with van der Waals surface area (Å²) < 4.78 is 6.13. The maximum Gasteiger partial charge on any atom is 0.108 e. The molecule has 2 heteroatoms. The van der Waals surface area contributed by atoms with E-state index in [9.17, 15) is 0 Å². The van der Waals surface area contributed by atoms with Crippen LogP contribution in [0.3, 0.4) is 0 Å². The average Bonchev–Trinajstić information content (AvgIpc) is 2.68. The molecule has 0 amide bonds. The van der Waals surface area contributed by atoms with Gasteiger partial charge in [-0.2, -0.15) is 0 Å². The Labute approximate surface area is 121 Å². The minimum Gasteiger partial charge on any atom is -0.493 e. The molecule has 0 aliphatic carbocycles. The van der Waals surface area contributed by atoms with Gasteiger partial charge in [-0.25, -0.2) is 0 Å². The van der Waals surface area contributed by atoms with Gasteiger partial charge in [0.15, 0.2) is 0 Å². The molecule has 3 atom stereocenters. The Morgan fingerprint density at radius 3 is 2.58 bits per heavy atom. The molecule has 1 aliphatic heterocycles. The lowest BCUT2D eigenvalue weighted by Crippen LogP contribution is -2.24. The van der Waals surface area contributed by atoms with Gasteiger partial charge in [0.05, 0.1) is 0 Å². The first-order valence-corrected chi connectivity index (χ1v) is 8.05. The molecule has 0 spiro atoms. The van der Waals surface area contributed by atoms with Gasteiger partial charge in [-0.1, -0.05) is 57.2 Å². The summed E-state index contributed by atoms with van der Waals surface area (Å²) in [6, 6.07) is 10.6. The van der Waals surface area contributed by atoms with Crippen LogP contribution >= 0.6 is 11.8 Å². The lowest BCUT2D eigenvalue weighted by Gasteiger charge is -2.23. The second kappa shape index (κ2) is 6.51. The molecule has 3 unspecified atom stereocenters. The second-order valence-corrected chi connectivity index (χ2v) is 6.59. The van der Waals surface area contributed by atoms with Crippen LogP contribution in [0.25, 0.3) is 0 Å². The number of ether oxygens (including phenoxy) is 1. The third-order valence-electron chi connectivity index (χ3n) is 3.84. The summed E-state index contributed by atoms with van der Waals surface area (Å²) in [5, 5.41) is 0. The molecule has 1 aromatic rings. The van der Waals surface area contributed by atoms with E-state index in [1.807, 2.05) is 11.8 Å². The Morgan fingerprint density at radius 2 is 1.95 bits per heavy atom. The van der Waals surface area contributed by atoms with Gasteiger partial charge in [0.2, 0.25) is 0 Å². The van der Waals surface area contributed by atoms with E-state index < -0.39 is 0 Å². The third kappa shape index (κ3) is 3.36. The average molecular weight is 276 g/mol. The van der Waals surface area contributed by atoms with Crippen molar-refractivity contribution in [3.8, 4) is 0 Å². The molecular formula is C17H24OS. The van der Waals surface area contributed by atoms with Crippen LogP contribution in [0.5, 0.6) is 0 Å². The SMILES string of the molecule is CCCC(C)C1OC(C)=C(Sc2ccccc2)C1C. The summed E-state index contributed by atoms with van der Waals surface area (Å²) in [6.45, 7) is 8.98. The topological polar surface area (TPSA) is 9.23 Å². The highest BCUT2D eigenvalue weighted by Gasteiger charge is 2.35. The predicted octanol–water partition coefficient (Wildman–Crippen LogP) is 5.48. The van der Waals surface area contributed by atoms with Gasteiger partial charge >= 0.3 is 0 Å². The Balaban J connectivity index is 2.07. The molecular weight excluding hydrogens is 252 g/mol. The normalized spacial score (nSPS) is 24.4. The molecule has 1 aromatic carbocycles. The van der Waals surface area contributed by atoms with E-state index in [-0.39, 0.29) is 0 Å². The highest BCUT2D eigenvalue weighted by Crippen LogP contribution is 2.44. The summed E-state index contributed by atoms with van der Waals surface area (Å²) in [7, 11) is 0. The van der Waals surface area contributed by atoms with Crippen LogP contribution < -0.4 is 0 Å². The van der Waals surface area contributed by atoms with E-state index >= 15 is 0 Å². The van der Waals surface area contributed by atoms with Crippen molar-refractivity contribution in [3.63, 3.8) is 0 Å². The highest BCUT2D eigenvalue weighted by atomic mass is 32.2. The quantitative estimate of drug-likeness (QED) is 0.704. The van der Waals surface area contributed by atoms with Gasteiger partial charge in [0, 0.05) is 15.7 Å². The van der Waals surface area contributed by atoms with Crippen molar-refractivity contribution >= 4 is 11.8 Å². The van der Waals surface area contributed by atoms with Gasteiger partial charge in [0.25, 0.3) is 0 Å². The number of allylic oxidation sites excluding steroid dienone is 1. The first kappa shape index (κ1) is 14.5. The number of thioether (sulfide) groups is 1. The van der Waals surface area contributed by atoms with Gasteiger partial charge < -0.3 is 4.74 Å². The first-order valence-electron chi connectivity index (χ1n) is 7.23. The second-order valence-electron chi connectivity index (χ2n) is 5.47. The van der Waals surface area contributed by atoms with Crippen LogP contribution in [0.1, 0.15) is 40.5 Å². The van der Waals surface area contributed by atoms with Crippen LogP contribution in [0, 0.1) is 11.8 Å². The molecule has 0 fully saturated rings. The van der Waals surface area contributed by atoms with Crippen molar-refractivity contribution in [3.05, 3.63) is 41.0 Å². The molecule has 0 radical (unpaired) electrons. The number of hydrogen-bond donors (Lipinski definition) is 0. The van der Waals surface area contributed by atoms with Gasteiger partial charge in [0.1, 0.15) is 11.9 Å². The molecule has 2 rings (SSSR count). The lowest BCUT2D eigenvalue weighted by molar-refractivity contribution is 0.0667. The van der Waals surface area contributed by atoms with Gasteiger partial charge in [-0.15, -0.1) is 0 Å². The van der Waals surface area contributed by atoms with E-state index in [4.69, 9.17) is 4.74 Å². The predicted molar refractivity (Wildman–Crippen MR) is 83.1 cm³/mol. The number of benzene rings is 1. The molecule has 1 aliphatic rings. The molecule has 0 bridgehead atoms. The number of rotatable bonds is 5. The minimum absolute atomic E-state index is 0.353. The van der Waals surface area contributed by atoms with Crippen molar-refractivity contribution in [1.82, 2.24) is 0 Å². The molecule has 19 heavy (non-hydrogen) atoms. The largest absolute Gasteiger partial charge is 0.493 e. The fraction of sp³-hybridized carbons (Fsp3) is 0.529. The van der Waals surface area contributed by atoms with E-state index in [1.165, 1.54) is 22.6 Å². The third-order valence-corrected chi connectivity index (χ3v) is 5.23. The summed E-state index contributed by atoms with van der Waals surface area (Å²) in [6.07, 6.45) is 2.82. The molecule has 104 valence electrons. The highest BCUT2D eigenvalue weighted by molar-refractivity contribution is 8.03. The Morgan fingerprint density at radius 1 is 1.26 bits per heavy atom. The molecule has 1 nitrogen and oxygen atoms in total. The van der Waals surface area contributed by atoms with E-state index in [0.717, 1.165) is 5.76 Å². The summed E-state index contributed by atoms with van der Waals surface area (Å²) in [4.78, 5) is 2.70. The Kier molecular flexibility index (Phi) is 4.98. The van der Waals surface area contributed by atoms with Crippen LogP contribution in [-0.2, 0) is 4.74 Å². The molecule has 0 N–H and O–H groups in total. The zero-order chi connectivity index (χ0) is 13.8. The molecule has 0 aromatic heterocycles. The van der Waals surface area contributed by atoms with Crippen LogP contribution in [0.2, 0.25) is 0 Å². The van der Waals surface area contributed by atoms with Crippen LogP contribution in [-0.4, -0.2) is 6.10 Å². The van der Waals surface area contributed by atoms with E-state index in [1.54, 1.807) is 0 Å². The Hall–Kier alpha value is -0.890. The van der Waals surface area contributed by atoms with E-state index in [0.29, 0.717) is 17.9 Å². The van der Waals surface area contributed by atoms with E-state index in [2.05, 4.69) is 58.0 Å². The van der Waals surface area contributed by atoms with Crippen molar-refractivity contribution in [2.45, 2.75) is 51.5 Å².